The molecule has 150 valence electrons. The van der Waals surface area contributed by atoms with Crippen LogP contribution in [0.15, 0.2) is 36.4 Å². The van der Waals surface area contributed by atoms with Crippen molar-refractivity contribution < 1.29 is 14.6 Å². The number of benzene rings is 1. The average molecular weight is 401 g/mol. The minimum absolute atomic E-state index is 0.00113. The molecule has 0 saturated carbocycles. The number of carbonyl (C=O) groups excluding carboxylic acids is 1. The molecule has 0 aliphatic carbocycles. The highest BCUT2D eigenvalue weighted by molar-refractivity contribution is 7.14. The van der Waals surface area contributed by atoms with Gasteiger partial charge in [-0.15, -0.1) is 11.3 Å². The molecule has 0 radical (unpaired) electrons. The van der Waals surface area contributed by atoms with Gasteiger partial charge < -0.3 is 20.1 Å². The molecular weight excluding hydrogens is 372 g/mol. The zero-order chi connectivity index (χ0) is 19.4. The van der Waals surface area contributed by atoms with Crippen molar-refractivity contribution in [2.75, 3.05) is 32.8 Å². The summed E-state index contributed by atoms with van der Waals surface area (Å²) in [6.07, 6.45) is 3.62. The lowest BCUT2D eigenvalue weighted by Crippen LogP contribution is -2.46. The first-order valence-electron chi connectivity index (χ1n) is 10.1. The fraction of sp³-hybridized carbons (Fsp3) is 0.500. The normalized spacial score (nSPS) is 18.8. The van der Waals surface area contributed by atoms with Crippen LogP contribution in [0.4, 0.5) is 0 Å². The Morgan fingerprint density at radius 1 is 1.25 bits per heavy atom. The topological polar surface area (TPSA) is 61.8 Å². The van der Waals surface area contributed by atoms with Crippen molar-refractivity contribution in [1.82, 2.24) is 10.2 Å². The minimum Gasteiger partial charge on any atom is -0.396 e. The maximum atomic E-state index is 12.7. The largest absolute Gasteiger partial charge is 0.396 e. The predicted octanol–water partition coefficient (Wildman–Crippen LogP) is 2.92. The van der Waals surface area contributed by atoms with E-state index in [0.29, 0.717) is 6.54 Å². The molecule has 6 heteroatoms. The first kappa shape index (κ1) is 19.6. The molecule has 2 aromatic rings. The summed E-state index contributed by atoms with van der Waals surface area (Å²) in [4.78, 5) is 17.2. The van der Waals surface area contributed by atoms with Crippen LogP contribution in [0.3, 0.4) is 0 Å². The van der Waals surface area contributed by atoms with Crippen LogP contribution < -0.4 is 5.32 Å². The maximum Gasteiger partial charge on any atom is 0.261 e. The van der Waals surface area contributed by atoms with Crippen LogP contribution in [-0.2, 0) is 23.3 Å². The Morgan fingerprint density at radius 3 is 2.79 bits per heavy atom. The SMILES string of the molecule is O=C(NCc1ccccc1)c1cc2c(s1)CCOC21CCN(CCCO)CC1. The molecule has 0 unspecified atom stereocenters. The number of likely N-dealkylation sites (tertiary alicyclic amines) is 1. The van der Waals surface area contributed by atoms with Crippen LogP contribution in [0.2, 0.25) is 0 Å². The number of hydrogen-bond donors (Lipinski definition) is 2. The van der Waals surface area contributed by atoms with E-state index in [0.717, 1.165) is 62.4 Å². The molecule has 2 aliphatic heterocycles. The zero-order valence-corrected chi connectivity index (χ0v) is 17.0. The minimum atomic E-state index is -0.238. The van der Waals surface area contributed by atoms with E-state index in [9.17, 15) is 4.79 Å². The third kappa shape index (κ3) is 4.15. The number of nitrogens with one attached hydrogen (secondary N) is 1. The number of rotatable bonds is 6. The Bertz CT molecular complexity index is 797. The van der Waals surface area contributed by atoms with Gasteiger partial charge in [0.05, 0.1) is 17.1 Å². The summed E-state index contributed by atoms with van der Waals surface area (Å²) in [5.41, 5.74) is 2.10. The molecule has 1 aromatic carbocycles. The molecular formula is C22H28N2O3S. The molecule has 28 heavy (non-hydrogen) atoms. The van der Waals surface area contributed by atoms with Crippen molar-refractivity contribution in [1.29, 1.82) is 0 Å². The average Bonchev–Trinajstić information content (AvgIpc) is 3.19. The van der Waals surface area contributed by atoms with Crippen molar-refractivity contribution in [3.05, 3.63) is 57.3 Å². The molecule has 5 nitrogen and oxygen atoms in total. The van der Waals surface area contributed by atoms with Crippen molar-refractivity contribution >= 4 is 17.2 Å². The van der Waals surface area contributed by atoms with Gasteiger partial charge in [-0.2, -0.15) is 0 Å². The van der Waals surface area contributed by atoms with Crippen molar-refractivity contribution in [3.63, 3.8) is 0 Å². The van der Waals surface area contributed by atoms with Crippen molar-refractivity contribution in [3.8, 4) is 0 Å². The van der Waals surface area contributed by atoms with Crippen LogP contribution >= 0.6 is 11.3 Å². The number of aliphatic hydroxyl groups excluding tert-OH is 1. The van der Waals surface area contributed by atoms with Crippen molar-refractivity contribution in [2.24, 2.45) is 0 Å². The monoisotopic (exact) mass is 400 g/mol. The van der Waals surface area contributed by atoms with Gasteiger partial charge in [-0.3, -0.25) is 4.79 Å². The number of carbonyl (C=O) groups is 1. The van der Waals surface area contributed by atoms with Gasteiger partial charge in [0, 0.05) is 44.1 Å². The van der Waals surface area contributed by atoms with Gasteiger partial charge in [0.15, 0.2) is 0 Å². The lowest BCUT2D eigenvalue weighted by Gasteiger charge is -2.44. The predicted molar refractivity (Wildman–Crippen MR) is 111 cm³/mol. The number of ether oxygens (including phenoxy) is 1. The van der Waals surface area contributed by atoms with Gasteiger partial charge in [-0.1, -0.05) is 30.3 Å². The van der Waals surface area contributed by atoms with Gasteiger partial charge in [-0.25, -0.2) is 0 Å². The van der Waals surface area contributed by atoms with Gasteiger partial charge in [0.2, 0.25) is 0 Å². The fourth-order valence-corrected chi connectivity index (χ4v) is 5.39. The standard InChI is InChI=1S/C22H28N2O3S/c25-13-4-10-24-11-8-22(9-12-24)18-15-20(28-19(18)7-14-27-22)21(26)23-16-17-5-2-1-3-6-17/h1-3,5-6,15,25H,4,7-14,16H2,(H,23,26). The molecule has 1 amide bonds. The third-order valence-electron chi connectivity index (χ3n) is 5.82. The second-order valence-corrected chi connectivity index (χ2v) is 8.76. The summed E-state index contributed by atoms with van der Waals surface area (Å²) in [7, 11) is 0. The summed E-state index contributed by atoms with van der Waals surface area (Å²) in [6, 6.07) is 12.1. The Labute approximate surface area is 170 Å². The Balaban J connectivity index is 1.44. The lowest BCUT2D eigenvalue weighted by atomic mass is 9.82. The zero-order valence-electron chi connectivity index (χ0n) is 16.2. The molecule has 1 saturated heterocycles. The molecule has 1 aromatic heterocycles. The lowest BCUT2D eigenvalue weighted by molar-refractivity contribution is -0.0973. The van der Waals surface area contributed by atoms with E-state index < -0.39 is 0 Å². The van der Waals surface area contributed by atoms with Gasteiger partial charge in [-0.05, 0) is 36.5 Å². The smallest absolute Gasteiger partial charge is 0.261 e. The number of thiophene rings is 1. The summed E-state index contributed by atoms with van der Waals surface area (Å²) in [6.45, 7) is 4.42. The second kappa shape index (κ2) is 8.74. The van der Waals surface area contributed by atoms with E-state index in [1.165, 1.54) is 10.4 Å². The summed E-state index contributed by atoms with van der Waals surface area (Å²) < 4.78 is 6.31. The number of hydrogen-bond acceptors (Lipinski definition) is 5. The van der Waals surface area contributed by atoms with E-state index in [-0.39, 0.29) is 18.1 Å². The number of piperidine rings is 1. The van der Waals surface area contributed by atoms with Gasteiger partial charge in [0.1, 0.15) is 0 Å². The van der Waals surface area contributed by atoms with E-state index in [2.05, 4.69) is 16.3 Å². The maximum absolute atomic E-state index is 12.7. The molecule has 0 atom stereocenters. The number of amides is 1. The van der Waals surface area contributed by atoms with Gasteiger partial charge >= 0.3 is 0 Å². The number of nitrogens with zero attached hydrogens (tertiary/aromatic N) is 1. The molecule has 1 spiro atoms. The fourth-order valence-electron chi connectivity index (χ4n) is 4.24. The second-order valence-electron chi connectivity index (χ2n) is 7.63. The van der Waals surface area contributed by atoms with E-state index in [1.807, 2.05) is 30.3 Å². The molecule has 2 N–H and O–H groups in total. The molecule has 3 heterocycles. The van der Waals surface area contributed by atoms with Crippen molar-refractivity contribution in [2.45, 2.75) is 37.8 Å². The van der Waals surface area contributed by atoms with Crippen LogP contribution in [0.25, 0.3) is 0 Å². The Hall–Kier alpha value is -1.73. The highest BCUT2D eigenvalue weighted by Crippen LogP contribution is 2.44. The van der Waals surface area contributed by atoms with Crippen LogP contribution in [0.1, 0.15) is 44.9 Å². The van der Waals surface area contributed by atoms with Crippen LogP contribution in [-0.4, -0.2) is 48.8 Å². The Kier molecular flexibility index (Phi) is 6.11. The number of aliphatic hydroxyl groups is 1. The number of fused-ring (bicyclic) bond motifs is 2. The van der Waals surface area contributed by atoms with E-state index in [1.54, 1.807) is 11.3 Å². The van der Waals surface area contributed by atoms with E-state index in [4.69, 9.17) is 9.84 Å². The molecule has 0 bridgehead atoms. The first-order chi connectivity index (χ1) is 13.7. The van der Waals surface area contributed by atoms with E-state index >= 15 is 0 Å². The quantitative estimate of drug-likeness (QED) is 0.783. The molecule has 2 aliphatic rings. The first-order valence-corrected chi connectivity index (χ1v) is 10.9. The summed E-state index contributed by atoms with van der Waals surface area (Å²) in [5, 5.41) is 12.1. The summed E-state index contributed by atoms with van der Waals surface area (Å²) in [5.74, 6) is -0.00113. The molecule has 1 fully saturated rings. The highest BCUT2D eigenvalue weighted by atomic mass is 32.1. The highest BCUT2D eigenvalue weighted by Gasteiger charge is 2.42. The van der Waals surface area contributed by atoms with Crippen LogP contribution in [0, 0.1) is 0 Å². The third-order valence-corrected chi connectivity index (χ3v) is 7.02. The molecule has 4 rings (SSSR count). The Morgan fingerprint density at radius 2 is 2.04 bits per heavy atom. The van der Waals surface area contributed by atoms with Crippen LogP contribution in [0.5, 0.6) is 0 Å². The summed E-state index contributed by atoms with van der Waals surface area (Å²) >= 11 is 1.62. The van der Waals surface area contributed by atoms with Gasteiger partial charge in [0.25, 0.3) is 5.91 Å².